The van der Waals surface area contributed by atoms with Gasteiger partial charge in [-0.25, -0.2) is 0 Å². The van der Waals surface area contributed by atoms with E-state index >= 15 is 0 Å². The van der Waals surface area contributed by atoms with Gasteiger partial charge in [-0.1, -0.05) is 0 Å². The Bertz CT molecular complexity index is 278. The second-order valence-corrected chi connectivity index (χ2v) is 4.33. The Hall–Kier alpha value is -0.570. The molecule has 0 bridgehead atoms. The van der Waals surface area contributed by atoms with E-state index in [1.165, 1.54) is 0 Å². The third-order valence-electron chi connectivity index (χ3n) is 2.63. The Morgan fingerprint density at radius 2 is 2.28 bits per heavy atom. The van der Waals surface area contributed by atoms with E-state index in [4.69, 9.17) is 10.5 Å². The van der Waals surface area contributed by atoms with Crippen molar-refractivity contribution in [3.05, 3.63) is 0 Å². The van der Waals surface area contributed by atoms with Gasteiger partial charge < -0.3 is 20.7 Å². The van der Waals surface area contributed by atoms with Crippen LogP contribution in [0.25, 0.3) is 0 Å². The first kappa shape index (κ1) is 17.4. The maximum atomic E-state index is 11.3. The molecule has 3 N–H and O–H groups in total. The predicted octanol–water partition coefficient (Wildman–Crippen LogP) is 0.166. The number of guanidine groups is 1. The first-order chi connectivity index (χ1) is 8.09. The number of rotatable bonds is 5. The highest BCUT2D eigenvalue weighted by molar-refractivity contribution is 14.0. The average Bonchev–Trinajstić information content (AvgIpc) is 2.78. The van der Waals surface area contributed by atoms with E-state index in [2.05, 4.69) is 10.3 Å². The third kappa shape index (κ3) is 7.00. The van der Waals surface area contributed by atoms with E-state index in [-0.39, 0.29) is 36.0 Å². The van der Waals surface area contributed by atoms with Crippen LogP contribution in [-0.2, 0) is 9.53 Å². The van der Waals surface area contributed by atoms with Crippen LogP contribution in [0.5, 0.6) is 0 Å². The fraction of sp³-hybridized carbons (Fsp3) is 0.818. The number of halogens is 1. The molecule has 106 valence electrons. The number of ether oxygens (including phenoxy) is 1. The molecule has 0 saturated carbocycles. The second kappa shape index (κ2) is 9.37. The van der Waals surface area contributed by atoms with Crippen LogP contribution in [0.1, 0.15) is 19.3 Å². The minimum atomic E-state index is 0. The molecule has 6 nitrogen and oxygen atoms in total. The number of nitrogens with one attached hydrogen (secondary N) is 1. The van der Waals surface area contributed by atoms with Gasteiger partial charge >= 0.3 is 0 Å². The van der Waals surface area contributed by atoms with Gasteiger partial charge in [0.1, 0.15) is 0 Å². The molecule has 1 fully saturated rings. The molecule has 0 aromatic rings. The summed E-state index contributed by atoms with van der Waals surface area (Å²) in [7, 11) is 3.47. The van der Waals surface area contributed by atoms with Crippen LogP contribution in [0.15, 0.2) is 4.99 Å². The molecule has 0 aliphatic carbocycles. The molecule has 0 spiro atoms. The molecule has 0 aromatic carbocycles. The quantitative estimate of drug-likeness (QED) is 0.411. The van der Waals surface area contributed by atoms with E-state index in [0.29, 0.717) is 25.5 Å². The zero-order valence-corrected chi connectivity index (χ0v) is 13.3. The van der Waals surface area contributed by atoms with Gasteiger partial charge in [-0.15, -0.1) is 24.0 Å². The Morgan fingerprint density at radius 3 is 2.83 bits per heavy atom. The molecular weight excluding hydrogens is 347 g/mol. The molecule has 0 aromatic heterocycles. The molecule has 7 heteroatoms. The lowest BCUT2D eigenvalue weighted by Gasteiger charge is -2.11. The lowest BCUT2D eigenvalue weighted by molar-refractivity contribution is -0.128. The van der Waals surface area contributed by atoms with Crippen molar-refractivity contribution < 1.29 is 9.53 Å². The molecule has 1 unspecified atom stereocenters. The van der Waals surface area contributed by atoms with Gasteiger partial charge in [-0.3, -0.25) is 9.79 Å². The Kier molecular flexibility index (Phi) is 9.08. The minimum absolute atomic E-state index is 0. The Balaban J connectivity index is 0.00000289. The Labute approximate surface area is 125 Å². The molecule has 1 amide bonds. The molecule has 1 heterocycles. The lowest BCUT2D eigenvalue weighted by atomic mass is 10.2. The first-order valence-electron chi connectivity index (χ1n) is 5.95. The number of carbonyl (C=O) groups is 1. The first-order valence-corrected chi connectivity index (χ1v) is 5.95. The smallest absolute Gasteiger partial charge is 0.223 e. The number of nitrogens with two attached hydrogens (primary N) is 1. The molecule has 1 rings (SSSR count). The van der Waals surface area contributed by atoms with Gasteiger partial charge in [-0.2, -0.15) is 0 Å². The standard InChI is InChI=1S/C11H22N4O2.HI/c1-15(2)10(16)5-6-13-11(12)14-8-9-4-3-7-17-9;/h9H,3-8H2,1-2H3,(H3,12,13,14);1H. The highest BCUT2D eigenvalue weighted by Gasteiger charge is 2.14. The van der Waals surface area contributed by atoms with Crippen molar-refractivity contribution in [3.8, 4) is 0 Å². The van der Waals surface area contributed by atoms with Crippen LogP contribution < -0.4 is 11.1 Å². The summed E-state index contributed by atoms with van der Waals surface area (Å²) in [5.74, 6) is 0.455. The zero-order valence-electron chi connectivity index (χ0n) is 11.0. The van der Waals surface area contributed by atoms with Gasteiger partial charge in [0.05, 0.1) is 12.6 Å². The number of hydrogen-bond donors (Lipinski definition) is 2. The van der Waals surface area contributed by atoms with E-state index in [9.17, 15) is 4.79 Å². The molecule has 0 radical (unpaired) electrons. The summed E-state index contributed by atoms with van der Waals surface area (Å²) in [6.45, 7) is 1.93. The van der Waals surface area contributed by atoms with Crippen LogP contribution in [0.4, 0.5) is 0 Å². The zero-order chi connectivity index (χ0) is 12.7. The number of carbonyl (C=O) groups excluding carboxylic acids is 1. The average molecular weight is 370 g/mol. The highest BCUT2D eigenvalue weighted by atomic mass is 127. The van der Waals surface area contributed by atoms with Crippen molar-refractivity contribution in [3.63, 3.8) is 0 Å². The summed E-state index contributed by atoms with van der Waals surface area (Å²) in [5.41, 5.74) is 5.67. The second-order valence-electron chi connectivity index (χ2n) is 4.33. The summed E-state index contributed by atoms with van der Waals surface area (Å²) < 4.78 is 5.43. The number of hydrogen-bond acceptors (Lipinski definition) is 3. The molecule has 18 heavy (non-hydrogen) atoms. The third-order valence-corrected chi connectivity index (χ3v) is 2.63. The van der Waals surface area contributed by atoms with Gasteiger partial charge in [0.2, 0.25) is 5.91 Å². The summed E-state index contributed by atoms with van der Waals surface area (Å²) in [4.78, 5) is 17.0. The molecule has 1 aliphatic rings. The fourth-order valence-electron chi connectivity index (χ4n) is 1.57. The van der Waals surface area contributed by atoms with Crippen molar-refractivity contribution in [1.29, 1.82) is 0 Å². The van der Waals surface area contributed by atoms with Gasteiger partial charge in [-0.05, 0) is 12.8 Å². The van der Waals surface area contributed by atoms with E-state index in [0.717, 1.165) is 19.4 Å². The minimum Gasteiger partial charge on any atom is -0.376 e. The lowest BCUT2D eigenvalue weighted by Crippen LogP contribution is -2.35. The molecule has 1 saturated heterocycles. The monoisotopic (exact) mass is 370 g/mol. The van der Waals surface area contributed by atoms with Gasteiger partial charge in [0, 0.05) is 33.7 Å². The number of aliphatic imine (C=N–C) groups is 1. The van der Waals surface area contributed by atoms with Crippen molar-refractivity contribution in [2.24, 2.45) is 10.7 Å². The SMILES string of the molecule is CN(C)C(=O)CCNC(N)=NCC1CCCO1.I. The normalized spacial score (nSPS) is 19.2. The summed E-state index contributed by atoms with van der Waals surface area (Å²) >= 11 is 0. The topological polar surface area (TPSA) is 80.0 Å². The van der Waals surface area contributed by atoms with Crippen LogP contribution in [0, 0.1) is 0 Å². The van der Waals surface area contributed by atoms with Crippen molar-refractivity contribution in [2.45, 2.75) is 25.4 Å². The van der Waals surface area contributed by atoms with Crippen molar-refractivity contribution in [2.75, 3.05) is 33.8 Å². The number of nitrogens with zero attached hydrogens (tertiary/aromatic N) is 2. The fourth-order valence-corrected chi connectivity index (χ4v) is 1.57. The maximum absolute atomic E-state index is 11.3. The predicted molar refractivity (Wildman–Crippen MR) is 82.2 cm³/mol. The van der Waals surface area contributed by atoms with Crippen LogP contribution in [-0.4, -0.2) is 56.7 Å². The van der Waals surface area contributed by atoms with Gasteiger partial charge in [0.15, 0.2) is 5.96 Å². The molecule has 1 atom stereocenters. The summed E-state index contributed by atoms with van der Waals surface area (Å²) in [5, 5.41) is 2.92. The number of amides is 1. The van der Waals surface area contributed by atoms with Crippen molar-refractivity contribution >= 4 is 35.8 Å². The Morgan fingerprint density at radius 1 is 1.56 bits per heavy atom. The van der Waals surface area contributed by atoms with E-state index < -0.39 is 0 Å². The summed E-state index contributed by atoms with van der Waals surface area (Å²) in [6, 6.07) is 0. The van der Waals surface area contributed by atoms with Crippen LogP contribution in [0.2, 0.25) is 0 Å². The molecule has 1 aliphatic heterocycles. The van der Waals surface area contributed by atoms with Crippen LogP contribution in [0.3, 0.4) is 0 Å². The maximum Gasteiger partial charge on any atom is 0.223 e. The van der Waals surface area contributed by atoms with E-state index in [1.807, 2.05) is 0 Å². The van der Waals surface area contributed by atoms with Gasteiger partial charge in [0.25, 0.3) is 0 Å². The van der Waals surface area contributed by atoms with Crippen LogP contribution >= 0.6 is 24.0 Å². The van der Waals surface area contributed by atoms with E-state index in [1.54, 1.807) is 19.0 Å². The summed E-state index contributed by atoms with van der Waals surface area (Å²) in [6.07, 6.45) is 2.78. The molecular formula is C11H23IN4O2. The largest absolute Gasteiger partial charge is 0.376 e. The highest BCUT2D eigenvalue weighted by Crippen LogP contribution is 2.11. The van der Waals surface area contributed by atoms with Crippen molar-refractivity contribution in [1.82, 2.24) is 10.2 Å².